The van der Waals surface area contributed by atoms with Crippen molar-refractivity contribution < 1.29 is 12.8 Å². The van der Waals surface area contributed by atoms with Crippen LogP contribution >= 0.6 is 0 Å². The van der Waals surface area contributed by atoms with Crippen LogP contribution in [0, 0.1) is 11.3 Å². The summed E-state index contributed by atoms with van der Waals surface area (Å²) in [5.41, 5.74) is 0.721. The average Bonchev–Trinajstić information content (AvgIpc) is 2.66. The molecule has 5 nitrogen and oxygen atoms in total. The molecule has 0 saturated heterocycles. The van der Waals surface area contributed by atoms with Gasteiger partial charge in [0.25, 0.3) is 0 Å². The van der Waals surface area contributed by atoms with Crippen LogP contribution in [0.15, 0.2) is 23.0 Å². The molecule has 14 heavy (non-hydrogen) atoms. The highest BCUT2D eigenvalue weighted by molar-refractivity contribution is 7.90. The van der Waals surface area contributed by atoms with Crippen molar-refractivity contribution in [2.75, 3.05) is 0 Å². The van der Waals surface area contributed by atoms with E-state index in [0.29, 0.717) is 0 Å². The summed E-state index contributed by atoms with van der Waals surface area (Å²) in [7, 11) is -3.54. The van der Waals surface area contributed by atoms with Crippen molar-refractivity contribution in [2.45, 2.75) is 18.7 Å². The Labute approximate surface area is 82.4 Å². The molecule has 0 amide bonds. The number of furan rings is 1. The molecule has 0 aromatic carbocycles. The Kier molecular flexibility index (Phi) is 3.28. The van der Waals surface area contributed by atoms with Crippen LogP contribution in [0.3, 0.4) is 0 Å². The first-order chi connectivity index (χ1) is 6.56. The quantitative estimate of drug-likeness (QED) is 0.796. The summed E-state index contributed by atoms with van der Waals surface area (Å²) < 4.78 is 29.7. The van der Waals surface area contributed by atoms with Gasteiger partial charge in [0.05, 0.1) is 18.6 Å². The maximum atomic E-state index is 11.3. The van der Waals surface area contributed by atoms with Crippen LogP contribution in [0.2, 0.25) is 0 Å². The molecular formula is C8H10N2O3S. The molecule has 6 heteroatoms. The molecule has 1 N–H and O–H groups in total. The van der Waals surface area contributed by atoms with E-state index in [2.05, 4.69) is 4.72 Å². The molecule has 0 aliphatic carbocycles. The fourth-order valence-electron chi connectivity index (χ4n) is 0.772. The van der Waals surface area contributed by atoms with Gasteiger partial charge in [0, 0.05) is 12.1 Å². The van der Waals surface area contributed by atoms with E-state index in [1.807, 2.05) is 0 Å². The van der Waals surface area contributed by atoms with Gasteiger partial charge in [0.2, 0.25) is 10.0 Å². The molecule has 0 radical (unpaired) electrons. The third-order valence-electron chi connectivity index (χ3n) is 1.70. The minimum atomic E-state index is -3.54. The lowest BCUT2D eigenvalue weighted by Gasteiger charge is -2.05. The van der Waals surface area contributed by atoms with Crippen molar-refractivity contribution in [2.24, 2.45) is 0 Å². The van der Waals surface area contributed by atoms with Crippen LogP contribution in [-0.4, -0.2) is 13.7 Å². The molecule has 0 saturated carbocycles. The van der Waals surface area contributed by atoms with Crippen LogP contribution in [-0.2, 0) is 16.6 Å². The van der Waals surface area contributed by atoms with Crippen LogP contribution in [0.5, 0.6) is 0 Å². The summed E-state index contributed by atoms with van der Waals surface area (Å²) in [6.07, 6.45) is 2.90. The second kappa shape index (κ2) is 4.26. The monoisotopic (exact) mass is 214 g/mol. The SMILES string of the molecule is CC(C#N)S(=O)(=O)NCc1ccoc1. The molecule has 1 heterocycles. The van der Waals surface area contributed by atoms with Gasteiger partial charge in [-0.15, -0.1) is 0 Å². The lowest BCUT2D eigenvalue weighted by atomic mass is 10.4. The van der Waals surface area contributed by atoms with E-state index in [-0.39, 0.29) is 6.54 Å². The molecule has 1 aromatic rings. The summed E-state index contributed by atoms with van der Waals surface area (Å²) in [5.74, 6) is 0. The van der Waals surface area contributed by atoms with Gasteiger partial charge in [-0.3, -0.25) is 0 Å². The maximum Gasteiger partial charge on any atom is 0.227 e. The van der Waals surface area contributed by atoms with Crippen LogP contribution in [0.4, 0.5) is 0 Å². The fraction of sp³-hybridized carbons (Fsp3) is 0.375. The smallest absolute Gasteiger partial charge is 0.227 e. The second-order valence-corrected chi connectivity index (χ2v) is 4.85. The molecule has 0 aliphatic rings. The zero-order valence-corrected chi connectivity index (χ0v) is 8.41. The summed E-state index contributed by atoms with van der Waals surface area (Å²) in [5, 5.41) is 7.39. The second-order valence-electron chi connectivity index (χ2n) is 2.77. The fourth-order valence-corrected chi connectivity index (χ4v) is 1.53. The van der Waals surface area contributed by atoms with Crippen molar-refractivity contribution >= 4 is 10.0 Å². The molecule has 0 fully saturated rings. The summed E-state index contributed by atoms with van der Waals surface area (Å²) in [6.45, 7) is 1.47. The maximum absolute atomic E-state index is 11.3. The van der Waals surface area contributed by atoms with Crippen LogP contribution < -0.4 is 4.72 Å². The van der Waals surface area contributed by atoms with E-state index >= 15 is 0 Å². The van der Waals surface area contributed by atoms with Gasteiger partial charge in [0.1, 0.15) is 0 Å². The molecule has 76 valence electrons. The number of hydrogen-bond acceptors (Lipinski definition) is 4. The minimum Gasteiger partial charge on any atom is -0.472 e. The summed E-state index contributed by atoms with van der Waals surface area (Å²) in [6, 6.07) is 3.31. The van der Waals surface area contributed by atoms with Crippen LogP contribution in [0.1, 0.15) is 12.5 Å². The van der Waals surface area contributed by atoms with Crippen molar-refractivity contribution in [3.63, 3.8) is 0 Å². The number of hydrogen-bond donors (Lipinski definition) is 1. The zero-order valence-electron chi connectivity index (χ0n) is 7.60. The highest BCUT2D eigenvalue weighted by Crippen LogP contribution is 2.02. The van der Waals surface area contributed by atoms with E-state index in [4.69, 9.17) is 9.68 Å². The number of nitrogens with one attached hydrogen (secondary N) is 1. The molecule has 1 aromatic heterocycles. The topological polar surface area (TPSA) is 83.1 Å². The first-order valence-electron chi connectivity index (χ1n) is 3.95. The Morgan fingerprint density at radius 2 is 2.43 bits per heavy atom. The number of rotatable bonds is 4. The Morgan fingerprint density at radius 3 is 2.93 bits per heavy atom. The average molecular weight is 214 g/mol. The van der Waals surface area contributed by atoms with Gasteiger partial charge in [-0.1, -0.05) is 0 Å². The van der Waals surface area contributed by atoms with Gasteiger partial charge in [-0.25, -0.2) is 13.1 Å². The molecule has 0 spiro atoms. The molecular weight excluding hydrogens is 204 g/mol. The van der Waals surface area contributed by atoms with Gasteiger partial charge in [0.15, 0.2) is 5.25 Å². The van der Waals surface area contributed by atoms with E-state index in [1.54, 1.807) is 12.1 Å². The zero-order chi connectivity index (χ0) is 10.6. The summed E-state index contributed by atoms with van der Waals surface area (Å²) >= 11 is 0. The predicted octanol–water partition coefficient (Wildman–Crippen LogP) is 0.611. The normalized spacial score (nSPS) is 13.4. The number of nitriles is 1. The Bertz CT molecular complexity index is 416. The first-order valence-corrected chi connectivity index (χ1v) is 5.50. The Morgan fingerprint density at radius 1 is 1.71 bits per heavy atom. The van der Waals surface area contributed by atoms with Crippen molar-refractivity contribution in [3.8, 4) is 6.07 Å². The predicted molar refractivity (Wildman–Crippen MR) is 49.5 cm³/mol. The van der Waals surface area contributed by atoms with E-state index in [9.17, 15) is 8.42 Å². The van der Waals surface area contributed by atoms with Crippen LogP contribution in [0.25, 0.3) is 0 Å². The molecule has 1 rings (SSSR count). The van der Waals surface area contributed by atoms with Gasteiger partial charge >= 0.3 is 0 Å². The number of nitrogens with zero attached hydrogens (tertiary/aromatic N) is 1. The highest BCUT2D eigenvalue weighted by Gasteiger charge is 2.19. The number of sulfonamides is 1. The highest BCUT2D eigenvalue weighted by atomic mass is 32.2. The van der Waals surface area contributed by atoms with Crippen molar-refractivity contribution in [1.29, 1.82) is 5.26 Å². The third kappa shape index (κ3) is 2.58. The van der Waals surface area contributed by atoms with E-state index in [0.717, 1.165) is 5.56 Å². The largest absolute Gasteiger partial charge is 0.472 e. The minimum absolute atomic E-state index is 0.144. The Hall–Kier alpha value is -1.32. The first kappa shape index (κ1) is 10.8. The third-order valence-corrected chi connectivity index (χ3v) is 3.29. The lowest BCUT2D eigenvalue weighted by Crippen LogP contribution is -2.31. The van der Waals surface area contributed by atoms with Crippen molar-refractivity contribution in [3.05, 3.63) is 24.2 Å². The standard InChI is InChI=1S/C8H10N2O3S/c1-7(4-9)14(11,12)10-5-8-2-3-13-6-8/h2-3,6-7,10H,5H2,1H3. The van der Waals surface area contributed by atoms with Gasteiger partial charge < -0.3 is 4.42 Å². The lowest BCUT2D eigenvalue weighted by molar-refractivity contribution is 0.560. The molecule has 0 bridgehead atoms. The molecule has 0 aliphatic heterocycles. The molecule has 1 atom stereocenters. The Balaban J connectivity index is 2.58. The van der Waals surface area contributed by atoms with Gasteiger partial charge in [-0.2, -0.15) is 5.26 Å². The molecule has 1 unspecified atom stereocenters. The van der Waals surface area contributed by atoms with E-state index < -0.39 is 15.3 Å². The summed E-state index contributed by atoms with van der Waals surface area (Å²) in [4.78, 5) is 0. The van der Waals surface area contributed by atoms with E-state index in [1.165, 1.54) is 19.5 Å². The van der Waals surface area contributed by atoms with Crippen molar-refractivity contribution in [1.82, 2.24) is 4.72 Å². The van der Waals surface area contributed by atoms with Gasteiger partial charge in [-0.05, 0) is 13.0 Å².